The highest BCUT2D eigenvalue weighted by Crippen LogP contribution is 2.31. The van der Waals surface area contributed by atoms with Gasteiger partial charge in [-0.3, -0.25) is 4.79 Å². The maximum atomic E-state index is 12.6. The fraction of sp³-hybridized carbons (Fsp3) is 0.500. The average molecular weight is 334 g/mol. The number of carbonyl (C=O) groups is 1. The molecule has 1 heterocycles. The predicted octanol–water partition coefficient (Wildman–Crippen LogP) is 3.39. The van der Waals surface area contributed by atoms with Crippen molar-refractivity contribution >= 4 is 28.9 Å². The Bertz CT molecular complexity index is 594. The van der Waals surface area contributed by atoms with Gasteiger partial charge in [-0.25, -0.2) is 0 Å². The second kappa shape index (κ2) is 7.37. The van der Waals surface area contributed by atoms with Crippen molar-refractivity contribution in [2.45, 2.75) is 19.3 Å². The molecule has 0 unspecified atom stereocenters. The molecular weight excluding hydrogens is 310 g/mol. The summed E-state index contributed by atoms with van der Waals surface area (Å²) in [6.07, 6.45) is 6.99. The van der Waals surface area contributed by atoms with Gasteiger partial charge in [-0.2, -0.15) is 0 Å². The van der Waals surface area contributed by atoms with Crippen molar-refractivity contribution in [1.29, 1.82) is 0 Å². The molecule has 1 amide bonds. The predicted molar refractivity (Wildman–Crippen MR) is 96.3 cm³/mol. The van der Waals surface area contributed by atoms with Gasteiger partial charge in [-0.15, -0.1) is 0 Å². The third-order valence-corrected chi connectivity index (χ3v) is 4.94. The molecule has 0 aromatic heterocycles. The molecule has 23 heavy (non-hydrogen) atoms. The summed E-state index contributed by atoms with van der Waals surface area (Å²) in [6.45, 7) is 3.99. The van der Waals surface area contributed by atoms with Crippen molar-refractivity contribution < 1.29 is 4.79 Å². The smallest absolute Gasteiger partial charge is 0.227 e. The molecule has 1 aliphatic heterocycles. The Morgan fingerprint density at radius 3 is 2.70 bits per heavy atom. The number of anilines is 2. The number of halogens is 1. The summed E-state index contributed by atoms with van der Waals surface area (Å²) in [5.41, 5.74) is 1.91. The molecule has 3 rings (SSSR count). The number of piperazine rings is 1. The van der Waals surface area contributed by atoms with Crippen LogP contribution in [0.2, 0.25) is 5.02 Å². The number of likely N-dealkylation sites (N-methyl/N-ethyl adjacent to an activating group) is 1. The van der Waals surface area contributed by atoms with Gasteiger partial charge < -0.3 is 15.1 Å². The lowest BCUT2D eigenvalue weighted by atomic mass is 9.93. The van der Waals surface area contributed by atoms with Gasteiger partial charge in [0.2, 0.25) is 5.91 Å². The Morgan fingerprint density at radius 1 is 1.22 bits per heavy atom. The van der Waals surface area contributed by atoms with E-state index in [0.717, 1.165) is 56.8 Å². The molecule has 2 aliphatic rings. The van der Waals surface area contributed by atoms with Crippen molar-refractivity contribution in [3.8, 4) is 0 Å². The van der Waals surface area contributed by atoms with Crippen molar-refractivity contribution in [3.05, 3.63) is 35.4 Å². The summed E-state index contributed by atoms with van der Waals surface area (Å²) in [7, 11) is 2.14. The summed E-state index contributed by atoms with van der Waals surface area (Å²) in [4.78, 5) is 17.2. The van der Waals surface area contributed by atoms with E-state index < -0.39 is 0 Å². The van der Waals surface area contributed by atoms with E-state index >= 15 is 0 Å². The van der Waals surface area contributed by atoms with Crippen LogP contribution in [0.4, 0.5) is 11.4 Å². The second-order valence-corrected chi connectivity index (χ2v) is 6.86. The number of benzene rings is 1. The Labute approximate surface area is 143 Å². The lowest BCUT2D eigenvalue weighted by Gasteiger charge is -2.35. The fourth-order valence-corrected chi connectivity index (χ4v) is 3.37. The third-order valence-electron chi connectivity index (χ3n) is 4.70. The Balaban J connectivity index is 1.76. The monoisotopic (exact) mass is 333 g/mol. The Morgan fingerprint density at radius 2 is 2.00 bits per heavy atom. The molecule has 0 bridgehead atoms. The molecule has 1 N–H and O–H groups in total. The normalized spacial score (nSPS) is 22.2. The molecule has 1 saturated heterocycles. The maximum Gasteiger partial charge on any atom is 0.227 e. The lowest BCUT2D eigenvalue weighted by Crippen LogP contribution is -2.44. The number of carbonyl (C=O) groups excluding carboxylic acids is 1. The average Bonchev–Trinajstić information content (AvgIpc) is 2.57. The number of allylic oxidation sites excluding steroid dienone is 2. The zero-order valence-corrected chi connectivity index (χ0v) is 14.4. The summed E-state index contributed by atoms with van der Waals surface area (Å²) >= 11 is 6.16. The maximum absolute atomic E-state index is 12.6. The first-order chi connectivity index (χ1) is 11.1. The SMILES string of the molecule is CN1CCN(c2ccc(Cl)cc2NC(=O)[C@@H]2CC=CCC2)CC1. The van der Waals surface area contributed by atoms with Gasteiger partial charge >= 0.3 is 0 Å². The molecular formula is C18H24ClN3O. The number of nitrogens with one attached hydrogen (secondary N) is 1. The van der Waals surface area contributed by atoms with Gasteiger partial charge in [0.25, 0.3) is 0 Å². The molecule has 1 aliphatic carbocycles. The summed E-state index contributed by atoms with van der Waals surface area (Å²) in [5, 5.41) is 3.77. The van der Waals surface area contributed by atoms with Crippen LogP contribution in [0.15, 0.2) is 30.4 Å². The first-order valence-electron chi connectivity index (χ1n) is 8.32. The number of hydrogen-bond acceptors (Lipinski definition) is 3. The van der Waals surface area contributed by atoms with Crippen molar-refractivity contribution in [2.75, 3.05) is 43.4 Å². The first kappa shape index (κ1) is 16.3. The molecule has 5 heteroatoms. The highest BCUT2D eigenvalue weighted by molar-refractivity contribution is 6.31. The summed E-state index contributed by atoms with van der Waals surface area (Å²) < 4.78 is 0. The minimum absolute atomic E-state index is 0.0688. The van der Waals surface area contributed by atoms with Crippen LogP contribution >= 0.6 is 11.6 Å². The van der Waals surface area contributed by atoms with E-state index in [4.69, 9.17) is 11.6 Å². The standard InChI is InChI=1S/C18H24ClN3O/c1-21-9-11-22(12-10-21)17-8-7-15(19)13-16(17)20-18(23)14-5-3-2-4-6-14/h2-3,7-8,13-14H,4-6,9-12H2,1H3,(H,20,23)/t14-/m1/s1. The van der Waals surface area contributed by atoms with E-state index in [0.29, 0.717) is 5.02 Å². The zero-order chi connectivity index (χ0) is 16.2. The molecule has 1 aromatic rings. The first-order valence-corrected chi connectivity index (χ1v) is 8.70. The van der Waals surface area contributed by atoms with Crippen LogP contribution in [0.5, 0.6) is 0 Å². The Kier molecular flexibility index (Phi) is 5.23. The zero-order valence-electron chi connectivity index (χ0n) is 13.6. The van der Waals surface area contributed by atoms with E-state index in [1.54, 1.807) is 0 Å². The summed E-state index contributed by atoms with van der Waals surface area (Å²) in [5.74, 6) is 0.173. The minimum Gasteiger partial charge on any atom is -0.367 e. The molecule has 1 atom stereocenters. The van der Waals surface area contributed by atoms with Crippen LogP contribution < -0.4 is 10.2 Å². The van der Waals surface area contributed by atoms with Gasteiger partial charge in [0.1, 0.15) is 0 Å². The minimum atomic E-state index is 0.0688. The van der Waals surface area contributed by atoms with E-state index in [1.807, 2.05) is 18.2 Å². The van der Waals surface area contributed by atoms with Crippen molar-refractivity contribution in [3.63, 3.8) is 0 Å². The molecule has 124 valence electrons. The van der Waals surface area contributed by atoms with Crippen LogP contribution in [-0.4, -0.2) is 44.0 Å². The van der Waals surface area contributed by atoms with E-state index in [-0.39, 0.29) is 11.8 Å². The van der Waals surface area contributed by atoms with Crippen LogP contribution in [-0.2, 0) is 4.79 Å². The van der Waals surface area contributed by atoms with Crippen LogP contribution in [0.25, 0.3) is 0 Å². The van der Waals surface area contributed by atoms with Crippen molar-refractivity contribution in [2.24, 2.45) is 5.92 Å². The number of rotatable bonds is 3. The molecule has 0 saturated carbocycles. The fourth-order valence-electron chi connectivity index (χ4n) is 3.20. The van der Waals surface area contributed by atoms with Gasteiger partial charge in [0.15, 0.2) is 0 Å². The molecule has 1 aromatic carbocycles. The van der Waals surface area contributed by atoms with Gasteiger partial charge in [-0.1, -0.05) is 23.8 Å². The molecule has 0 spiro atoms. The number of hydrogen-bond donors (Lipinski definition) is 1. The third kappa shape index (κ3) is 4.06. The quantitative estimate of drug-likeness (QED) is 0.861. The van der Waals surface area contributed by atoms with Crippen molar-refractivity contribution in [1.82, 2.24) is 4.90 Å². The van der Waals surface area contributed by atoms with E-state index in [2.05, 4.69) is 34.3 Å². The Hall–Kier alpha value is -1.52. The second-order valence-electron chi connectivity index (χ2n) is 6.42. The molecule has 0 radical (unpaired) electrons. The molecule has 1 fully saturated rings. The lowest BCUT2D eigenvalue weighted by molar-refractivity contribution is -0.120. The van der Waals surface area contributed by atoms with E-state index in [9.17, 15) is 4.79 Å². The van der Waals surface area contributed by atoms with Gasteiger partial charge in [0.05, 0.1) is 11.4 Å². The highest BCUT2D eigenvalue weighted by Gasteiger charge is 2.22. The van der Waals surface area contributed by atoms with Crippen LogP contribution in [0, 0.1) is 5.92 Å². The number of amides is 1. The number of nitrogens with zero attached hydrogens (tertiary/aromatic N) is 2. The largest absolute Gasteiger partial charge is 0.367 e. The van der Waals surface area contributed by atoms with Crippen LogP contribution in [0.1, 0.15) is 19.3 Å². The topological polar surface area (TPSA) is 35.6 Å². The van der Waals surface area contributed by atoms with E-state index in [1.165, 1.54) is 0 Å². The van der Waals surface area contributed by atoms with Gasteiger partial charge in [-0.05, 0) is 44.5 Å². The van der Waals surface area contributed by atoms with Gasteiger partial charge in [0, 0.05) is 37.1 Å². The molecule has 4 nitrogen and oxygen atoms in total. The van der Waals surface area contributed by atoms with Crippen LogP contribution in [0.3, 0.4) is 0 Å². The highest BCUT2D eigenvalue weighted by atomic mass is 35.5. The summed E-state index contributed by atoms with van der Waals surface area (Å²) in [6, 6.07) is 5.78.